The maximum Gasteiger partial charge on any atom is 0.262 e. The summed E-state index contributed by atoms with van der Waals surface area (Å²) >= 11 is 0. The van der Waals surface area contributed by atoms with Crippen LogP contribution in [0, 0.1) is 0 Å². The molecule has 102 valence electrons. The van der Waals surface area contributed by atoms with E-state index < -0.39 is 0 Å². The van der Waals surface area contributed by atoms with Gasteiger partial charge in [0.1, 0.15) is 5.75 Å². The number of rotatable bonds is 3. The first-order chi connectivity index (χ1) is 9.15. The Hall–Kier alpha value is -1.63. The summed E-state index contributed by atoms with van der Waals surface area (Å²) in [4.78, 5) is 11.3. The normalized spacial score (nSPS) is 21.7. The van der Waals surface area contributed by atoms with Gasteiger partial charge in [-0.1, -0.05) is 6.07 Å². The molecule has 1 unspecified atom stereocenters. The number of carbonyl (C=O) groups excluding carboxylic acids is 1. The van der Waals surface area contributed by atoms with Crippen molar-refractivity contribution >= 4 is 11.6 Å². The molecule has 2 aliphatic heterocycles. The Morgan fingerprint density at radius 1 is 1.47 bits per heavy atom. The summed E-state index contributed by atoms with van der Waals surface area (Å²) < 4.78 is 10.6. The Morgan fingerprint density at radius 3 is 2.89 bits per heavy atom. The second-order valence-corrected chi connectivity index (χ2v) is 4.99. The van der Waals surface area contributed by atoms with Crippen molar-refractivity contribution in [3.63, 3.8) is 0 Å². The van der Waals surface area contributed by atoms with Crippen LogP contribution in [-0.4, -0.2) is 43.5 Å². The number of hydrogen-bond donors (Lipinski definition) is 3. The van der Waals surface area contributed by atoms with Crippen molar-refractivity contribution in [3.8, 4) is 5.75 Å². The minimum Gasteiger partial charge on any atom is -0.482 e. The van der Waals surface area contributed by atoms with E-state index in [4.69, 9.17) is 15.2 Å². The van der Waals surface area contributed by atoms with Crippen LogP contribution in [0.2, 0.25) is 0 Å². The summed E-state index contributed by atoms with van der Waals surface area (Å²) in [6.07, 6.45) is 0. The second kappa shape index (κ2) is 4.48. The highest BCUT2D eigenvalue weighted by Crippen LogP contribution is 2.39. The number of amides is 1. The van der Waals surface area contributed by atoms with Gasteiger partial charge in [0.05, 0.1) is 30.9 Å². The SMILES string of the molecule is NC(CO)C1(c2ccc3c(c2)NC(=O)CO3)COC1. The van der Waals surface area contributed by atoms with Crippen LogP contribution in [0.5, 0.6) is 5.75 Å². The molecule has 19 heavy (non-hydrogen) atoms. The van der Waals surface area contributed by atoms with Gasteiger partial charge in [0.15, 0.2) is 6.61 Å². The van der Waals surface area contributed by atoms with Crippen molar-refractivity contribution < 1.29 is 19.4 Å². The molecule has 0 aromatic heterocycles. The maximum absolute atomic E-state index is 11.3. The summed E-state index contributed by atoms with van der Waals surface area (Å²) in [5, 5.41) is 12.1. The first kappa shape index (κ1) is 12.4. The van der Waals surface area contributed by atoms with Crippen LogP contribution < -0.4 is 15.8 Å². The van der Waals surface area contributed by atoms with E-state index >= 15 is 0 Å². The van der Waals surface area contributed by atoms with E-state index in [9.17, 15) is 9.90 Å². The van der Waals surface area contributed by atoms with Crippen molar-refractivity contribution in [3.05, 3.63) is 23.8 Å². The predicted molar refractivity (Wildman–Crippen MR) is 68.1 cm³/mol. The zero-order valence-electron chi connectivity index (χ0n) is 10.4. The molecule has 0 aliphatic carbocycles. The third kappa shape index (κ3) is 1.88. The molecule has 1 amide bonds. The molecule has 1 saturated heterocycles. The number of anilines is 1. The topological polar surface area (TPSA) is 93.8 Å². The second-order valence-electron chi connectivity index (χ2n) is 4.99. The van der Waals surface area contributed by atoms with Gasteiger partial charge in [-0.25, -0.2) is 0 Å². The smallest absolute Gasteiger partial charge is 0.262 e. The molecule has 0 bridgehead atoms. The van der Waals surface area contributed by atoms with Gasteiger partial charge < -0.3 is 25.6 Å². The summed E-state index contributed by atoms with van der Waals surface area (Å²) in [7, 11) is 0. The lowest BCUT2D eigenvalue weighted by molar-refractivity contribution is -0.118. The molecule has 2 heterocycles. The lowest BCUT2D eigenvalue weighted by Gasteiger charge is -2.45. The summed E-state index contributed by atoms with van der Waals surface area (Å²) in [5.74, 6) is 0.478. The number of benzene rings is 1. The van der Waals surface area contributed by atoms with Crippen molar-refractivity contribution in [2.75, 3.05) is 31.7 Å². The van der Waals surface area contributed by atoms with Crippen LogP contribution in [0.25, 0.3) is 0 Å². The third-order valence-corrected chi connectivity index (χ3v) is 3.81. The number of nitrogens with two attached hydrogens (primary N) is 1. The molecule has 0 radical (unpaired) electrons. The van der Waals surface area contributed by atoms with E-state index in [2.05, 4.69) is 5.32 Å². The molecule has 1 aromatic rings. The van der Waals surface area contributed by atoms with Gasteiger partial charge in [0.25, 0.3) is 5.91 Å². The van der Waals surface area contributed by atoms with Crippen molar-refractivity contribution in [1.29, 1.82) is 0 Å². The third-order valence-electron chi connectivity index (χ3n) is 3.81. The molecule has 0 spiro atoms. The van der Waals surface area contributed by atoms with Gasteiger partial charge >= 0.3 is 0 Å². The number of aliphatic hydroxyl groups excluding tert-OH is 1. The van der Waals surface area contributed by atoms with Gasteiger partial charge in [-0.2, -0.15) is 0 Å². The molecular formula is C13H16N2O4. The highest BCUT2D eigenvalue weighted by atomic mass is 16.5. The highest BCUT2D eigenvalue weighted by Gasteiger charge is 2.45. The van der Waals surface area contributed by atoms with Gasteiger partial charge in [-0.05, 0) is 17.7 Å². The summed E-state index contributed by atoms with van der Waals surface area (Å²) in [6.45, 7) is 0.880. The Labute approximate surface area is 110 Å². The van der Waals surface area contributed by atoms with Crippen LogP contribution in [0.1, 0.15) is 5.56 Å². The van der Waals surface area contributed by atoms with Crippen LogP contribution in [-0.2, 0) is 14.9 Å². The molecule has 1 atom stereocenters. The van der Waals surface area contributed by atoms with Gasteiger partial charge in [-0.15, -0.1) is 0 Å². The van der Waals surface area contributed by atoms with Crippen LogP contribution in [0.4, 0.5) is 5.69 Å². The van der Waals surface area contributed by atoms with E-state index in [-0.39, 0.29) is 30.6 Å². The Balaban J connectivity index is 1.97. The van der Waals surface area contributed by atoms with Crippen molar-refractivity contribution in [1.82, 2.24) is 0 Å². The van der Waals surface area contributed by atoms with E-state index in [0.717, 1.165) is 5.56 Å². The molecule has 1 aromatic carbocycles. The largest absolute Gasteiger partial charge is 0.482 e. The van der Waals surface area contributed by atoms with Gasteiger partial charge in [0, 0.05) is 6.04 Å². The van der Waals surface area contributed by atoms with E-state index in [1.807, 2.05) is 18.2 Å². The number of hydrogen-bond acceptors (Lipinski definition) is 5. The fraction of sp³-hybridized carbons (Fsp3) is 0.462. The molecule has 4 N–H and O–H groups in total. The van der Waals surface area contributed by atoms with Crippen molar-refractivity contribution in [2.24, 2.45) is 5.73 Å². The maximum atomic E-state index is 11.3. The van der Waals surface area contributed by atoms with Crippen molar-refractivity contribution in [2.45, 2.75) is 11.5 Å². The van der Waals surface area contributed by atoms with E-state index in [1.54, 1.807) is 0 Å². The fourth-order valence-electron chi connectivity index (χ4n) is 2.48. The van der Waals surface area contributed by atoms with E-state index in [1.165, 1.54) is 0 Å². The molecule has 0 saturated carbocycles. The van der Waals surface area contributed by atoms with Gasteiger partial charge in [0.2, 0.25) is 0 Å². The Morgan fingerprint density at radius 2 is 2.26 bits per heavy atom. The number of fused-ring (bicyclic) bond motifs is 1. The molecule has 6 heteroatoms. The minimum absolute atomic E-state index is 0.0384. The van der Waals surface area contributed by atoms with Crippen LogP contribution in [0.3, 0.4) is 0 Å². The van der Waals surface area contributed by atoms with Crippen LogP contribution >= 0.6 is 0 Å². The van der Waals surface area contributed by atoms with Crippen LogP contribution in [0.15, 0.2) is 18.2 Å². The Bertz CT molecular complexity index is 513. The zero-order chi connectivity index (χ0) is 13.5. The lowest BCUT2D eigenvalue weighted by atomic mass is 9.73. The lowest BCUT2D eigenvalue weighted by Crippen LogP contribution is -2.60. The molecule has 1 fully saturated rings. The number of aliphatic hydroxyl groups is 1. The molecule has 2 aliphatic rings. The Kier molecular flexibility index (Phi) is 2.93. The highest BCUT2D eigenvalue weighted by molar-refractivity contribution is 5.95. The standard InChI is InChI=1S/C13H16N2O4/c14-11(4-16)13(6-18-7-13)8-1-2-10-9(3-8)15-12(17)5-19-10/h1-3,11,16H,4-7,14H2,(H,15,17). The first-order valence-corrected chi connectivity index (χ1v) is 6.17. The first-order valence-electron chi connectivity index (χ1n) is 6.17. The number of carbonyl (C=O) groups is 1. The number of nitrogens with one attached hydrogen (secondary N) is 1. The monoisotopic (exact) mass is 264 g/mol. The van der Waals surface area contributed by atoms with E-state index in [0.29, 0.717) is 24.7 Å². The fourth-order valence-corrected chi connectivity index (χ4v) is 2.48. The summed E-state index contributed by atoms with van der Waals surface area (Å²) in [5.41, 5.74) is 7.21. The molecule has 3 rings (SSSR count). The average molecular weight is 264 g/mol. The van der Waals surface area contributed by atoms with Gasteiger partial charge in [-0.3, -0.25) is 4.79 Å². The average Bonchev–Trinajstić information content (AvgIpc) is 2.36. The molecular weight excluding hydrogens is 248 g/mol. The zero-order valence-corrected chi connectivity index (χ0v) is 10.4. The number of ether oxygens (including phenoxy) is 2. The minimum atomic E-state index is -0.389. The molecule has 6 nitrogen and oxygen atoms in total. The quantitative estimate of drug-likeness (QED) is 0.691. The predicted octanol–water partition coefficient (Wildman–Crippen LogP) is -0.395. The summed E-state index contributed by atoms with van der Waals surface area (Å²) in [6, 6.07) is 5.19.